The van der Waals surface area contributed by atoms with Gasteiger partial charge in [0, 0.05) is 58.1 Å². The Balaban J connectivity index is 1.10. The van der Waals surface area contributed by atoms with E-state index >= 15 is 13.2 Å². The molecular formula is C56H55Cl2N9O11S3. The number of anilines is 5. The predicted octanol–water partition coefficient (Wildman–Crippen LogP) is 8.53. The SMILES string of the molecule is COc1ccccc1N(C(=O)c1ccc(Cl)c(S(=O)(=O)N(C)c2c(C)n(C)n(-c3ccccc3)c2=O)c1)S(=O)(=O)c1cc(NC(=O)c2ccc(Cl)c(S(=O)(=O)N(C)c3c(C)n(C)n(-c4ccccc4)c3=O)c2)ccc1N1CCCCC1. The second-order valence-corrected chi connectivity index (χ2v) is 25.4. The van der Waals surface area contributed by atoms with Gasteiger partial charge in [-0.2, -0.15) is 4.31 Å². The largest absolute Gasteiger partial charge is 0.495 e. The molecule has 0 atom stereocenters. The zero-order valence-electron chi connectivity index (χ0n) is 44.9. The minimum absolute atomic E-state index is 0.0578. The molecule has 0 unspecified atom stereocenters. The quantitative estimate of drug-likeness (QED) is 0.0961. The highest BCUT2D eigenvalue weighted by Gasteiger charge is 2.39. The van der Waals surface area contributed by atoms with Crippen molar-refractivity contribution in [3.63, 3.8) is 0 Å². The molecule has 1 saturated heterocycles. The third-order valence-corrected chi connectivity index (χ3v) is 20.5. The van der Waals surface area contributed by atoms with E-state index < -0.39 is 73.3 Å². The van der Waals surface area contributed by atoms with E-state index in [1.807, 2.05) is 4.90 Å². The third-order valence-electron chi connectivity index (χ3n) is 14.2. The number of para-hydroxylation sites is 4. The smallest absolute Gasteiger partial charge is 0.296 e. The van der Waals surface area contributed by atoms with Crippen LogP contribution in [0.1, 0.15) is 51.4 Å². The molecule has 0 spiro atoms. The van der Waals surface area contributed by atoms with Gasteiger partial charge in [0.05, 0.1) is 45.6 Å². The Morgan fingerprint density at radius 3 is 1.54 bits per heavy atom. The fourth-order valence-corrected chi connectivity index (χ4v) is 15.0. The number of ether oxygens (including phenoxy) is 1. The van der Waals surface area contributed by atoms with Gasteiger partial charge in [0.1, 0.15) is 37.5 Å². The van der Waals surface area contributed by atoms with Crippen molar-refractivity contribution in [2.24, 2.45) is 14.1 Å². The van der Waals surface area contributed by atoms with Crippen molar-refractivity contribution in [2.45, 2.75) is 47.8 Å². The van der Waals surface area contributed by atoms with Crippen LogP contribution in [0.25, 0.3) is 11.4 Å². The lowest BCUT2D eigenvalue weighted by molar-refractivity contribution is 0.100. The summed E-state index contributed by atoms with van der Waals surface area (Å²) in [6, 6.07) is 33.9. The number of carbonyl (C=O) groups is 2. The average molecular weight is 1200 g/mol. The number of benzene rings is 6. The van der Waals surface area contributed by atoms with Crippen LogP contribution in [0.2, 0.25) is 10.0 Å². The van der Waals surface area contributed by atoms with Gasteiger partial charge in [-0.15, -0.1) is 0 Å². The number of nitrogens with one attached hydrogen (secondary N) is 1. The number of rotatable bonds is 16. The van der Waals surface area contributed by atoms with Crippen LogP contribution in [0.4, 0.5) is 28.4 Å². The van der Waals surface area contributed by atoms with E-state index in [1.165, 1.54) is 94.5 Å². The van der Waals surface area contributed by atoms with Gasteiger partial charge < -0.3 is 15.0 Å². The van der Waals surface area contributed by atoms with Crippen molar-refractivity contribution in [2.75, 3.05) is 57.4 Å². The molecule has 2 amide bonds. The Bertz CT molecular complexity index is 4270. The van der Waals surface area contributed by atoms with Crippen LogP contribution in [0.3, 0.4) is 0 Å². The van der Waals surface area contributed by atoms with Gasteiger partial charge in [0.2, 0.25) is 0 Å². The average Bonchev–Trinajstić information content (AvgIpc) is 4.13. The van der Waals surface area contributed by atoms with E-state index in [2.05, 4.69) is 5.32 Å². The Hall–Kier alpha value is -8.09. The summed E-state index contributed by atoms with van der Waals surface area (Å²) in [4.78, 5) is 57.8. The first-order chi connectivity index (χ1) is 38.4. The molecule has 422 valence electrons. The normalized spacial score (nSPS) is 13.0. The van der Waals surface area contributed by atoms with E-state index in [1.54, 1.807) is 94.7 Å². The molecule has 1 aliphatic rings. The maximum atomic E-state index is 15.8. The summed E-state index contributed by atoms with van der Waals surface area (Å²) < 4.78 is 103. The molecular weight excluding hydrogens is 1140 g/mol. The number of aromatic nitrogens is 4. The van der Waals surface area contributed by atoms with Gasteiger partial charge in [-0.05, 0) is 124 Å². The summed E-state index contributed by atoms with van der Waals surface area (Å²) in [5.74, 6) is -2.18. The lowest BCUT2D eigenvalue weighted by atomic mass is 10.1. The second-order valence-electron chi connectivity index (χ2n) is 19.0. The summed E-state index contributed by atoms with van der Waals surface area (Å²) in [7, 11) is -7.71. The molecule has 1 fully saturated rings. The standard InChI is InChI=1S/C56H55Cl2N9O11S3/c1-36-51(55(70)65(60(36)3)41-19-11-8-12-20-41)62(5)79(72,73)48-33-38(25-28-43(48)57)53(68)59-40-27-30-46(64-31-17-10-18-32-64)50(35-40)81(76,77)67(45-23-15-16-24-47(45)78-7)54(69)39-26-29-44(58)49(34-39)80(74,75)63(6)52-37(2)61(4)66(56(52)71)42-21-13-9-14-22-42/h8-9,11-16,19-30,33-35H,10,17-18,31-32H2,1-7H3,(H,59,68). The monoisotopic (exact) mass is 1200 g/mol. The molecule has 0 radical (unpaired) electrons. The molecule has 1 N–H and O–H groups in total. The van der Waals surface area contributed by atoms with Crippen molar-refractivity contribution in [1.82, 2.24) is 18.7 Å². The van der Waals surface area contributed by atoms with Crippen molar-refractivity contribution in [1.29, 1.82) is 0 Å². The first kappa shape index (κ1) is 57.6. The predicted molar refractivity (Wildman–Crippen MR) is 313 cm³/mol. The van der Waals surface area contributed by atoms with Crippen LogP contribution in [0.15, 0.2) is 164 Å². The number of sulfonamides is 3. The van der Waals surface area contributed by atoms with Crippen molar-refractivity contribution in [3.05, 3.63) is 193 Å². The minimum Gasteiger partial charge on any atom is -0.495 e. The van der Waals surface area contributed by atoms with E-state index in [4.69, 9.17) is 27.9 Å². The highest BCUT2D eigenvalue weighted by molar-refractivity contribution is 7.94. The number of carbonyl (C=O) groups excluding carboxylic acids is 2. The van der Waals surface area contributed by atoms with Crippen LogP contribution in [-0.2, 0) is 44.2 Å². The van der Waals surface area contributed by atoms with Gasteiger partial charge in [0.25, 0.3) is 53.0 Å². The van der Waals surface area contributed by atoms with E-state index in [9.17, 15) is 31.2 Å². The van der Waals surface area contributed by atoms with Gasteiger partial charge >= 0.3 is 0 Å². The first-order valence-corrected chi connectivity index (χ1v) is 30.2. The topological polar surface area (TPSA) is 225 Å². The number of methoxy groups -OCH3 is 1. The maximum Gasteiger partial charge on any atom is 0.296 e. The summed E-state index contributed by atoms with van der Waals surface area (Å²) in [6.45, 7) is 4.02. The lowest BCUT2D eigenvalue weighted by Crippen LogP contribution is -2.39. The summed E-state index contributed by atoms with van der Waals surface area (Å²) in [5, 5.41) is 2.08. The van der Waals surface area contributed by atoms with Crippen LogP contribution >= 0.6 is 23.2 Å². The lowest BCUT2D eigenvalue weighted by Gasteiger charge is -2.32. The minimum atomic E-state index is -5.15. The highest BCUT2D eigenvalue weighted by Crippen LogP contribution is 2.40. The molecule has 1 aliphatic heterocycles. The number of nitrogens with zero attached hydrogens (tertiary/aromatic N) is 8. The van der Waals surface area contributed by atoms with Crippen molar-refractivity contribution in [3.8, 4) is 17.1 Å². The zero-order chi connectivity index (χ0) is 58.5. The van der Waals surface area contributed by atoms with Crippen LogP contribution in [0, 0.1) is 13.8 Å². The number of hydrogen-bond acceptors (Lipinski definition) is 12. The van der Waals surface area contributed by atoms with Crippen molar-refractivity contribution >= 4 is 93.5 Å². The number of amides is 2. The molecule has 2 aromatic heterocycles. The fraction of sp³-hybridized carbons (Fsp3) is 0.214. The zero-order valence-corrected chi connectivity index (χ0v) is 48.8. The van der Waals surface area contributed by atoms with Crippen LogP contribution < -0.4 is 39.0 Å². The molecule has 0 aliphatic carbocycles. The number of piperidine rings is 1. The molecule has 3 heterocycles. The van der Waals surface area contributed by atoms with Gasteiger partial charge in [-0.3, -0.25) is 37.2 Å². The van der Waals surface area contributed by atoms with E-state index in [-0.39, 0.29) is 55.5 Å². The molecule has 20 nitrogen and oxygen atoms in total. The van der Waals surface area contributed by atoms with E-state index in [0.29, 0.717) is 47.3 Å². The summed E-state index contributed by atoms with van der Waals surface area (Å²) in [5.41, 5.74) is -0.964. The molecule has 25 heteroatoms. The van der Waals surface area contributed by atoms with Crippen molar-refractivity contribution < 1.29 is 39.6 Å². The molecule has 6 aromatic carbocycles. The molecule has 8 aromatic rings. The first-order valence-electron chi connectivity index (χ1n) is 25.1. The highest BCUT2D eigenvalue weighted by atomic mass is 35.5. The van der Waals surface area contributed by atoms with Gasteiger partial charge in [-0.25, -0.2) is 34.6 Å². The van der Waals surface area contributed by atoms with Crippen LogP contribution in [-0.4, -0.2) is 90.1 Å². The molecule has 0 bridgehead atoms. The fourth-order valence-electron chi connectivity index (χ4n) is 9.80. The Morgan fingerprint density at radius 1 is 0.568 bits per heavy atom. The Labute approximate surface area is 478 Å². The number of halogens is 2. The molecule has 9 rings (SSSR count). The van der Waals surface area contributed by atoms with E-state index in [0.717, 1.165) is 33.2 Å². The second kappa shape index (κ2) is 22.4. The Morgan fingerprint density at radius 2 is 1.04 bits per heavy atom. The van der Waals surface area contributed by atoms with Gasteiger partial charge in [-0.1, -0.05) is 71.7 Å². The summed E-state index contributed by atoms with van der Waals surface area (Å²) >= 11 is 13.2. The van der Waals surface area contributed by atoms with Gasteiger partial charge in [0.15, 0.2) is 0 Å². The molecule has 0 saturated carbocycles. The Kier molecular flexibility index (Phi) is 16.0. The number of hydrogen-bond donors (Lipinski definition) is 1. The third kappa shape index (κ3) is 10.4. The maximum absolute atomic E-state index is 15.8. The molecule has 81 heavy (non-hydrogen) atoms. The summed E-state index contributed by atoms with van der Waals surface area (Å²) in [6.07, 6.45) is 2.28. The van der Waals surface area contributed by atoms with Crippen LogP contribution in [0.5, 0.6) is 5.75 Å².